The van der Waals surface area contributed by atoms with Gasteiger partial charge in [-0.2, -0.15) is 0 Å². The van der Waals surface area contributed by atoms with E-state index in [1.807, 2.05) is 24.3 Å². The average Bonchev–Trinajstić information content (AvgIpc) is 2.70. The van der Waals surface area contributed by atoms with Crippen molar-refractivity contribution in [2.45, 2.75) is 40.0 Å². The summed E-state index contributed by atoms with van der Waals surface area (Å²) in [7, 11) is 0. The second-order valence-corrected chi connectivity index (χ2v) is 7.57. The van der Waals surface area contributed by atoms with Crippen molar-refractivity contribution < 1.29 is 19.1 Å². The van der Waals surface area contributed by atoms with E-state index >= 15 is 0 Å². The van der Waals surface area contributed by atoms with Crippen LogP contribution in [0.4, 0.5) is 0 Å². The van der Waals surface area contributed by atoms with Gasteiger partial charge in [0.25, 0.3) is 11.8 Å². The van der Waals surface area contributed by atoms with Gasteiger partial charge in [0.15, 0.2) is 6.61 Å². The Kier molecular flexibility index (Phi) is 8.52. The molecule has 0 bridgehead atoms. The predicted octanol–water partition coefficient (Wildman–Crippen LogP) is 4.07. The lowest BCUT2D eigenvalue weighted by Gasteiger charge is -2.11. The monoisotopic (exact) mass is 398 g/mol. The number of nitrogens with one attached hydrogen (secondary N) is 2. The largest absolute Gasteiger partial charge is 0.494 e. The van der Waals surface area contributed by atoms with Crippen molar-refractivity contribution in [1.82, 2.24) is 10.9 Å². The number of carbonyl (C=O) groups excluding carboxylic acids is 2. The molecule has 0 aliphatic carbocycles. The Morgan fingerprint density at radius 3 is 2.28 bits per heavy atom. The van der Waals surface area contributed by atoms with Crippen LogP contribution < -0.4 is 20.3 Å². The predicted molar refractivity (Wildman–Crippen MR) is 113 cm³/mol. The molecule has 0 saturated carbocycles. The van der Waals surface area contributed by atoms with Gasteiger partial charge in [0, 0.05) is 5.56 Å². The van der Waals surface area contributed by atoms with Crippen molar-refractivity contribution >= 4 is 11.8 Å². The van der Waals surface area contributed by atoms with E-state index in [1.54, 1.807) is 24.3 Å². The Labute approximate surface area is 172 Å². The Balaban J connectivity index is 1.77. The van der Waals surface area contributed by atoms with Crippen molar-refractivity contribution in [2.24, 2.45) is 5.92 Å². The first-order valence-electron chi connectivity index (χ1n) is 9.90. The molecule has 0 spiro atoms. The van der Waals surface area contributed by atoms with Gasteiger partial charge in [-0.1, -0.05) is 45.9 Å². The summed E-state index contributed by atoms with van der Waals surface area (Å²) in [4.78, 5) is 24.2. The maximum absolute atomic E-state index is 12.2. The highest BCUT2D eigenvalue weighted by molar-refractivity contribution is 5.95. The summed E-state index contributed by atoms with van der Waals surface area (Å²) in [6, 6.07) is 14.4. The molecule has 0 fully saturated rings. The van der Waals surface area contributed by atoms with E-state index in [-0.39, 0.29) is 6.61 Å². The molecule has 156 valence electrons. The van der Waals surface area contributed by atoms with Gasteiger partial charge in [-0.3, -0.25) is 20.4 Å². The fraction of sp³-hybridized carbons (Fsp3) is 0.391. The first-order valence-corrected chi connectivity index (χ1v) is 9.90. The van der Waals surface area contributed by atoms with Gasteiger partial charge in [-0.25, -0.2) is 0 Å². The molecule has 6 nitrogen and oxygen atoms in total. The van der Waals surface area contributed by atoms with E-state index in [2.05, 4.69) is 38.5 Å². The molecule has 2 rings (SSSR count). The second-order valence-electron chi connectivity index (χ2n) is 7.57. The molecule has 0 aliphatic heterocycles. The third-order valence-electron chi connectivity index (χ3n) is 4.29. The lowest BCUT2D eigenvalue weighted by molar-refractivity contribution is -0.123. The quantitative estimate of drug-likeness (QED) is 0.624. The van der Waals surface area contributed by atoms with E-state index in [0.717, 1.165) is 6.42 Å². The summed E-state index contributed by atoms with van der Waals surface area (Å²) >= 11 is 0. The van der Waals surface area contributed by atoms with Crippen LogP contribution >= 0.6 is 0 Å². The SMILES string of the molecule is CC(C)CCOc1cccc(C(=O)NNC(=O)COc2ccc(C(C)C)cc2)c1. The normalized spacial score (nSPS) is 10.7. The number of carbonyl (C=O) groups is 2. The van der Waals surface area contributed by atoms with Crippen LogP contribution in [0, 0.1) is 5.92 Å². The average molecular weight is 399 g/mol. The number of rotatable bonds is 9. The van der Waals surface area contributed by atoms with Gasteiger partial charge in [-0.15, -0.1) is 0 Å². The van der Waals surface area contributed by atoms with Crippen LogP contribution in [-0.4, -0.2) is 25.0 Å². The first-order chi connectivity index (χ1) is 13.8. The van der Waals surface area contributed by atoms with Crippen molar-refractivity contribution in [2.75, 3.05) is 13.2 Å². The molecule has 0 atom stereocenters. The van der Waals surface area contributed by atoms with E-state index in [1.165, 1.54) is 5.56 Å². The topological polar surface area (TPSA) is 76.7 Å². The van der Waals surface area contributed by atoms with Crippen LogP contribution in [0.3, 0.4) is 0 Å². The lowest BCUT2D eigenvalue weighted by Crippen LogP contribution is -2.43. The lowest BCUT2D eigenvalue weighted by atomic mass is 10.0. The van der Waals surface area contributed by atoms with Crippen LogP contribution in [0.1, 0.15) is 56.0 Å². The number of hydrazine groups is 1. The fourth-order valence-electron chi connectivity index (χ4n) is 2.47. The van der Waals surface area contributed by atoms with Crippen LogP contribution in [0.15, 0.2) is 48.5 Å². The molecule has 2 aromatic rings. The second kappa shape index (κ2) is 11.1. The zero-order chi connectivity index (χ0) is 21.2. The fourth-order valence-corrected chi connectivity index (χ4v) is 2.47. The molecule has 2 N–H and O–H groups in total. The van der Waals surface area contributed by atoms with Crippen molar-refractivity contribution in [3.8, 4) is 11.5 Å². The smallest absolute Gasteiger partial charge is 0.276 e. The number of benzene rings is 2. The van der Waals surface area contributed by atoms with Crippen molar-refractivity contribution in [3.05, 3.63) is 59.7 Å². The summed E-state index contributed by atoms with van der Waals surface area (Å²) in [6.07, 6.45) is 0.937. The summed E-state index contributed by atoms with van der Waals surface area (Å²) in [6.45, 7) is 8.87. The Bertz CT molecular complexity index is 801. The minimum Gasteiger partial charge on any atom is -0.494 e. The van der Waals surface area contributed by atoms with Crippen LogP contribution in [0.25, 0.3) is 0 Å². The minimum atomic E-state index is -0.448. The molecule has 0 heterocycles. The van der Waals surface area contributed by atoms with Gasteiger partial charge in [0.05, 0.1) is 6.61 Å². The highest BCUT2D eigenvalue weighted by Gasteiger charge is 2.09. The van der Waals surface area contributed by atoms with E-state index < -0.39 is 11.8 Å². The maximum Gasteiger partial charge on any atom is 0.276 e. The molecular formula is C23H30N2O4. The summed E-state index contributed by atoms with van der Waals surface area (Å²) in [5, 5.41) is 0. The third-order valence-corrected chi connectivity index (χ3v) is 4.29. The Morgan fingerprint density at radius 1 is 0.897 bits per heavy atom. The standard InChI is InChI=1S/C23H30N2O4/c1-16(2)12-13-28-21-7-5-6-19(14-21)23(27)25-24-22(26)15-29-20-10-8-18(9-11-20)17(3)4/h5-11,14,16-17H,12-13,15H2,1-4H3,(H,24,26)(H,25,27). The highest BCUT2D eigenvalue weighted by Crippen LogP contribution is 2.18. The van der Waals surface area contributed by atoms with Crippen molar-refractivity contribution in [1.29, 1.82) is 0 Å². The minimum absolute atomic E-state index is 0.195. The molecular weight excluding hydrogens is 368 g/mol. The van der Waals surface area contributed by atoms with Gasteiger partial charge in [-0.05, 0) is 54.2 Å². The van der Waals surface area contributed by atoms with Gasteiger partial charge in [0.2, 0.25) is 0 Å². The molecule has 0 aromatic heterocycles. The molecule has 6 heteroatoms. The van der Waals surface area contributed by atoms with E-state index in [0.29, 0.717) is 35.5 Å². The molecule has 2 amide bonds. The summed E-state index contributed by atoms with van der Waals surface area (Å²) < 4.78 is 11.1. The number of hydrogen-bond donors (Lipinski definition) is 2. The molecule has 0 radical (unpaired) electrons. The molecule has 0 unspecified atom stereocenters. The number of hydrogen-bond acceptors (Lipinski definition) is 4. The van der Waals surface area contributed by atoms with Crippen LogP contribution in [0.5, 0.6) is 11.5 Å². The first kappa shape index (κ1) is 22.3. The summed E-state index contributed by atoms with van der Waals surface area (Å²) in [5.41, 5.74) is 6.34. The van der Waals surface area contributed by atoms with Crippen LogP contribution in [-0.2, 0) is 4.79 Å². The third kappa shape index (κ3) is 7.86. The highest BCUT2D eigenvalue weighted by atomic mass is 16.5. The van der Waals surface area contributed by atoms with Gasteiger partial charge < -0.3 is 9.47 Å². The van der Waals surface area contributed by atoms with Gasteiger partial charge >= 0.3 is 0 Å². The Hall–Kier alpha value is -3.02. The van der Waals surface area contributed by atoms with Crippen LogP contribution in [0.2, 0.25) is 0 Å². The van der Waals surface area contributed by atoms with Crippen molar-refractivity contribution in [3.63, 3.8) is 0 Å². The molecule has 0 saturated heterocycles. The zero-order valence-electron chi connectivity index (χ0n) is 17.5. The maximum atomic E-state index is 12.2. The molecule has 2 aromatic carbocycles. The van der Waals surface area contributed by atoms with E-state index in [4.69, 9.17) is 9.47 Å². The van der Waals surface area contributed by atoms with E-state index in [9.17, 15) is 9.59 Å². The number of amides is 2. The molecule has 0 aliphatic rings. The zero-order valence-corrected chi connectivity index (χ0v) is 17.5. The van der Waals surface area contributed by atoms with Gasteiger partial charge in [0.1, 0.15) is 11.5 Å². The Morgan fingerprint density at radius 2 is 1.62 bits per heavy atom. The molecule has 29 heavy (non-hydrogen) atoms. The number of ether oxygens (including phenoxy) is 2. The summed E-state index contributed by atoms with van der Waals surface area (Å²) in [5.74, 6) is 1.33.